The molecular weight excluding hydrogens is 212 g/mol. The molecule has 0 amide bonds. The second kappa shape index (κ2) is 7.38. The normalized spacial score (nSPS) is 33.9. The zero-order valence-electron chi connectivity index (χ0n) is 12.1. The smallest absolute Gasteiger partial charge is 0.165 e. The first-order valence-corrected chi connectivity index (χ1v) is 7.47. The van der Waals surface area contributed by atoms with Crippen LogP contribution in [0.1, 0.15) is 72.6 Å². The molecule has 17 heavy (non-hydrogen) atoms. The Morgan fingerprint density at radius 3 is 2.47 bits per heavy atom. The fourth-order valence-corrected chi connectivity index (χ4v) is 2.63. The van der Waals surface area contributed by atoms with Crippen molar-refractivity contribution in [3.63, 3.8) is 0 Å². The van der Waals surface area contributed by atoms with Crippen molar-refractivity contribution in [1.29, 1.82) is 0 Å². The second-order valence-electron chi connectivity index (χ2n) is 5.52. The molecule has 0 aromatic carbocycles. The van der Waals surface area contributed by atoms with E-state index in [0.717, 1.165) is 19.4 Å². The summed E-state index contributed by atoms with van der Waals surface area (Å²) < 4.78 is 12.2. The average molecular weight is 242 g/mol. The van der Waals surface area contributed by atoms with Crippen LogP contribution < -0.4 is 0 Å². The highest BCUT2D eigenvalue weighted by molar-refractivity contribution is 4.79. The van der Waals surface area contributed by atoms with E-state index < -0.39 is 0 Å². The summed E-state index contributed by atoms with van der Waals surface area (Å²) in [5, 5.41) is 0. The number of hydrogen-bond acceptors (Lipinski definition) is 2. The Bertz CT molecular complexity index is 201. The molecule has 102 valence electrons. The fourth-order valence-electron chi connectivity index (χ4n) is 2.63. The lowest BCUT2D eigenvalue weighted by molar-refractivity contribution is -0.306. The van der Waals surface area contributed by atoms with Crippen LogP contribution in [0.4, 0.5) is 0 Å². The minimum Gasteiger partial charge on any atom is -0.350 e. The van der Waals surface area contributed by atoms with Gasteiger partial charge >= 0.3 is 0 Å². The van der Waals surface area contributed by atoms with Crippen LogP contribution in [0.2, 0.25) is 0 Å². The zero-order valence-corrected chi connectivity index (χ0v) is 12.1. The van der Waals surface area contributed by atoms with Crippen molar-refractivity contribution in [1.82, 2.24) is 0 Å². The van der Waals surface area contributed by atoms with E-state index in [1.54, 1.807) is 0 Å². The van der Waals surface area contributed by atoms with Crippen LogP contribution in [-0.4, -0.2) is 18.5 Å². The third-order valence-electron chi connectivity index (χ3n) is 3.86. The quantitative estimate of drug-likeness (QED) is 0.611. The Labute approximate surface area is 107 Å². The predicted molar refractivity (Wildman–Crippen MR) is 72.1 cm³/mol. The molecule has 1 aliphatic rings. The highest BCUT2D eigenvalue weighted by Crippen LogP contribution is 2.33. The van der Waals surface area contributed by atoms with E-state index in [9.17, 15) is 0 Å². The number of rotatable bonds is 7. The molecule has 0 aromatic rings. The standard InChI is InChI=1S/C15H30O2/c1-5-8-9-11-15(4)16-12-13(7-3)14(17-15)10-6-2/h13-14H,5-12H2,1-4H3/t13-,14-,15-/m0/s1. The Morgan fingerprint density at radius 2 is 1.88 bits per heavy atom. The largest absolute Gasteiger partial charge is 0.350 e. The molecule has 2 nitrogen and oxygen atoms in total. The van der Waals surface area contributed by atoms with Gasteiger partial charge in [-0.05, 0) is 26.2 Å². The monoisotopic (exact) mass is 242 g/mol. The molecule has 0 unspecified atom stereocenters. The van der Waals surface area contributed by atoms with Crippen LogP contribution in [0.5, 0.6) is 0 Å². The molecule has 1 saturated heterocycles. The Hall–Kier alpha value is -0.0800. The summed E-state index contributed by atoms with van der Waals surface area (Å²) >= 11 is 0. The predicted octanol–water partition coefficient (Wildman–Crippen LogP) is 4.52. The van der Waals surface area contributed by atoms with Gasteiger partial charge in [-0.2, -0.15) is 0 Å². The van der Waals surface area contributed by atoms with Gasteiger partial charge in [0.25, 0.3) is 0 Å². The van der Waals surface area contributed by atoms with Gasteiger partial charge in [-0.3, -0.25) is 0 Å². The Morgan fingerprint density at radius 1 is 1.12 bits per heavy atom. The molecule has 1 rings (SSSR count). The molecule has 0 radical (unpaired) electrons. The maximum atomic E-state index is 6.24. The first-order valence-electron chi connectivity index (χ1n) is 7.47. The van der Waals surface area contributed by atoms with Crippen molar-refractivity contribution in [3.05, 3.63) is 0 Å². The van der Waals surface area contributed by atoms with Crippen LogP contribution >= 0.6 is 0 Å². The summed E-state index contributed by atoms with van der Waals surface area (Å²) in [5.41, 5.74) is 0. The lowest BCUT2D eigenvalue weighted by Gasteiger charge is -2.43. The molecule has 1 heterocycles. The fraction of sp³-hybridized carbons (Fsp3) is 1.00. The lowest BCUT2D eigenvalue weighted by Crippen LogP contribution is -2.47. The van der Waals surface area contributed by atoms with Gasteiger partial charge in [0.2, 0.25) is 0 Å². The second-order valence-corrected chi connectivity index (χ2v) is 5.52. The van der Waals surface area contributed by atoms with Crippen LogP contribution in [0.3, 0.4) is 0 Å². The van der Waals surface area contributed by atoms with Gasteiger partial charge in [-0.25, -0.2) is 0 Å². The highest BCUT2D eigenvalue weighted by Gasteiger charge is 2.37. The SMILES string of the molecule is CCCCC[C@@]1(C)OC[C@H](CC)[C@H](CCC)O1. The van der Waals surface area contributed by atoms with Crippen LogP contribution in [0.25, 0.3) is 0 Å². The van der Waals surface area contributed by atoms with Crippen molar-refractivity contribution in [2.45, 2.75) is 84.5 Å². The molecule has 0 aliphatic carbocycles. The van der Waals surface area contributed by atoms with Gasteiger partial charge in [0, 0.05) is 12.3 Å². The molecule has 0 spiro atoms. The summed E-state index contributed by atoms with van der Waals surface area (Å²) in [6, 6.07) is 0. The number of ether oxygens (including phenoxy) is 2. The molecular formula is C15H30O2. The maximum Gasteiger partial charge on any atom is 0.165 e. The van der Waals surface area contributed by atoms with Gasteiger partial charge < -0.3 is 9.47 Å². The lowest BCUT2D eigenvalue weighted by atomic mass is 9.94. The van der Waals surface area contributed by atoms with E-state index in [1.165, 1.54) is 32.1 Å². The molecule has 0 N–H and O–H groups in total. The van der Waals surface area contributed by atoms with Crippen molar-refractivity contribution in [2.75, 3.05) is 6.61 Å². The first kappa shape index (κ1) is 15.0. The van der Waals surface area contributed by atoms with Crippen molar-refractivity contribution < 1.29 is 9.47 Å². The highest BCUT2D eigenvalue weighted by atomic mass is 16.7. The number of unbranched alkanes of at least 4 members (excludes halogenated alkanes) is 2. The van der Waals surface area contributed by atoms with Crippen molar-refractivity contribution >= 4 is 0 Å². The van der Waals surface area contributed by atoms with Gasteiger partial charge in [0.05, 0.1) is 12.7 Å². The third kappa shape index (κ3) is 4.59. The molecule has 0 bridgehead atoms. The minimum absolute atomic E-state index is 0.319. The van der Waals surface area contributed by atoms with Crippen LogP contribution in [0, 0.1) is 5.92 Å². The van der Waals surface area contributed by atoms with E-state index in [4.69, 9.17) is 9.47 Å². The molecule has 0 saturated carbocycles. The summed E-state index contributed by atoms with van der Waals surface area (Å²) in [4.78, 5) is 0. The minimum atomic E-state index is -0.319. The van der Waals surface area contributed by atoms with E-state index in [1.807, 2.05) is 0 Å². The van der Waals surface area contributed by atoms with E-state index in [-0.39, 0.29) is 5.79 Å². The zero-order chi connectivity index (χ0) is 12.7. The average Bonchev–Trinajstić information content (AvgIpc) is 2.30. The molecule has 3 atom stereocenters. The summed E-state index contributed by atoms with van der Waals surface area (Å²) in [6.07, 6.45) is 8.72. The van der Waals surface area contributed by atoms with Crippen LogP contribution in [-0.2, 0) is 9.47 Å². The summed E-state index contributed by atoms with van der Waals surface area (Å²) in [6.45, 7) is 9.71. The van der Waals surface area contributed by atoms with Gasteiger partial charge in [0.15, 0.2) is 5.79 Å². The maximum absolute atomic E-state index is 6.24. The van der Waals surface area contributed by atoms with E-state index in [0.29, 0.717) is 12.0 Å². The Balaban J connectivity index is 2.47. The molecule has 1 fully saturated rings. The van der Waals surface area contributed by atoms with Gasteiger partial charge in [-0.1, -0.05) is 40.0 Å². The molecule has 0 aromatic heterocycles. The van der Waals surface area contributed by atoms with E-state index >= 15 is 0 Å². The van der Waals surface area contributed by atoms with E-state index in [2.05, 4.69) is 27.7 Å². The van der Waals surface area contributed by atoms with Crippen molar-refractivity contribution in [3.8, 4) is 0 Å². The topological polar surface area (TPSA) is 18.5 Å². The number of hydrogen-bond donors (Lipinski definition) is 0. The third-order valence-corrected chi connectivity index (χ3v) is 3.86. The van der Waals surface area contributed by atoms with Crippen molar-refractivity contribution in [2.24, 2.45) is 5.92 Å². The first-order chi connectivity index (χ1) is 8.15. The molecule has 2 heteroatoms. The summed E-state index contributed by atoms with van der Waals surface area (Å²) in [7, 11) is 0. The van der Waals surface area contributed by atoms with Gasteiger partial charge in [0.1, 0.15) is 0 Å². The molecule has 1 aliphatic heterocycles. The van der Waals surface area contributed by atoms with Crippen LogP contribution in [0.15, 0.2) is 0 Å². The van der Waals surface area contributed by atoms with Gasteiger partial charge in [-0.15, -0.1) is 0 Å². The Kier molecular flexibility index (Phi) is 6.50. The summed E-state index contributed by atoms with van der Waals surface area (Å²) in [5.74, 6) is 0.273.